The number of benzene rings is 1. The quantitative estimate of drug-likeness (QED) is 0.511. The van der Waals surface area contributed by atoms with Crippen LogP contribution in [0.15, 0.2) is 36.4 Å². The summed E-state index contributed by atoms with van der Waals surface area (Å²) in [4.78, 5) is 0. The molecule has 1 aromatic rings. The Balaban J connectivity index is 1.66. The molecule has 2 heteroatoms. The Labute approximate surface area is 134 Å². The molecule has 2 nitrogen and oxygen atoms in total. The molecule has 0 heterocycles. The highest BCUT2D eigenvalue weighted by molar-refractivity contribution is 5.33. The summed E-state index contributed by atoms with van der Waals surface area (Å²) in [5.41, 5.74) is 2.15. The number of ether oxygens (including phenoxy) is 1. The molecule has 0 unspecified atom stereocenters. The SMILES string of the molecule is CC=CCCCOCC1CCC(c2ccc(C#N)cc2)CC1. The smallest absolute Gasteiger partial charge is 0.0991 e. The van der Waals surface area contributed by atoms with Crippen LogP contribution in [0.25, 0.3) is 0 Å². The molecule has 0 atom stereocenters. The van der Waals surface area contributed by atoms with Gasteiger partial charge in [-0.1, -0.05) is 24.3 Å². The van der Waals surface area contributed by atoms with Gasteiger partial charge in [0.25, 0.3) is 0 Å². The zero-order chi connectivity index (χ0) is 15.6. The monoisotopic (exact) mass is 297 g/mol. The summed E-state index contributed by atoms with van der Waals surface area (Å²) in [6, 6.07) is 10.3. The van der Waals surface area contributed by atoms with E-state index in [1.165, 1.54) is 31.2 Å². The van der Waals surface area contributed by atoms with Gasteiger partial charge in [0.1, 0.15) is 0 Å². The highest BCUT2D eigenvalue weighted by Crippen LogP contribution is 2.35. The topological polar surface area (TPSA) is 33.0 Å². The van der Waals surface area contributed by atoms with Crippen molar-refractivity contribution in [3.05, 3.63) is 47.5 Å². The van der Waals surface area contributed by atoms with Crippen LogP contribution in [0.4, 0.5) is 0 Å². The lowest BCUT2D eigenvalue weighted by Crippen LogP contribution is -2.18. The summed E-state index contributed by atoms with van der Waals surface area (Å²) in [5.74, 6) is 1.40. The molecule has 118 valence electrons. The standard InChI is InChI=1S/C20H27NO/c1-2-3-4-5-14-22-16-18-8-12-20(13-9-18)19-10-6-17(15-21)7-11-19/h2-3,6-7,10-11,18,20H,4-5,8-9,12-14,16H2,1H3. The summed E-state index contributed by atoms with van der Waals surface area (Å²) >= 11 is 0. The molecule has 0 aliphatic heterocycles. The van der Waals surface area contributed by atoms with Gasteiger partial charge in [-0.05, 0) is 75.0 Å². The lowest BCUT2D eigenvalue weighted by atomic mass is 9.79. The van der Waals surface area contributed by atoms with Crippen molar-refractivity contribution in [2.45, 2.75) is 51.4 Å². The molecule has 1 fully saturated rings. The van der Waals surface area contributed by atoms with Crippen LogP contribution in [-0.2, 0) is 4.74 Å². The Morgan fingerprint density at radius 1 is 1.18 bits per heavy atom. The van der Waals surface area contributed by atoms with Crippen molar-refractivity contribution in [3.63, 3.8) is 0 Å². The first-order valence-corrected chi connectivity index (χ1v) is 8.52. The highest BCUT2D eigenvalue weighted by Gasteiger charge is 2.22. The van der Waals surface area contributed by atoms with Gasteiger partial charge >= 0.3 is 0 Å². The first-order chi connectivity index (χ1) is 10.8. The van der Waals surface area contributed by atoms with E-state index in [-0.39, 0.29) is 0 Å². The van der Waals surface area contributed by atoms with Gasteiger partial charge in [-0.25, -0.2) is 0 Å². The minimum absolute atomic E-state index is 0.665. The third kappa shape index (κ3) is 5.31. The van der Waals surface area contributed by atoms with Crippen molar-refractivity contribution in [1.82, 2.24) is 0 Å². The van der Waals surface area contributed by atoms with E-state index in [1.807, 2.05) is 12.1 Å². The minimum atomic E-state index is 0.665. The molecule has 1 saturated carbocycles. The molecule has 0 radical (unpaired) electrons. The summed E-state index contributed by atoms with van der Waals surface area (Å²) < 4.78 is 5.82. The number of unbranched alkanes of at least 4 members (excludes halogenated alkanes) is 1. The first kappa shape index (κ1) is 16.8. The molecule has 0 saturated heterocycles. The summed E-state index contributed by atoms with van der Waals surface area (Å²) in [5, 5.41) is 8.86. The fourth-order valence-corrected chi connectivity index (χ4v) is 3.21. The predicted octanol–water partition coefficient (Wildman–Crippen LogP) is 5.20. The molecular weight excluding hydrogens is 270 g/mol. The van der Waals surface area contributed by atoms with E-state index in [0.717, 1.165) is 37.5 Å². The molecule has 1 aromatic carbocycles. The van der Waals surface area contributed by atoms with E-state index in [2.05, 4.69) is 37.3 Å². The predicted molar refractivity (Wildman–Crippen MR) is 90.7 cm³/mol. The van der Waals surface area contributed by atoms with Crippen molar-refractivity contribution >= 4 is 0 Å². The third-order valence-corrected chi connectivity index (χ3v) is 4.61. The molecule has 2 rings (SSSR count). The number of rotatable bonds is 7. The van der Waals surface area contributed by atoms with Gasteiger partial charge in [-0.2, -0.15) is 5.26 Å². The fourth-order valence-electron chi connectivity index (χ4n) is 3.21. The number of nitriles is 1. The third-order valence-electron chi connectivity index (χ3n) is 4.61. The molecule has 1 aliphatic rings. The van der Waals surface area contributed by atoms with Crippen LogP contribution in [0.1, 0.15) is 62.5 Å². The zero-order valence-electron chi connectivity index (χ0n) is 13.6. The Morgan fingerprint density at radius 2 is 1.91 bits per heavy atom. The van der Waals surface area contributed by atoms with Crippen LogP contribution < -0.4 is 0 Å². The average molecular weight is 297 g/mol. The summed E-state index contributed by atoms with van der Waals surface area (Å²) in [6.45, 7) is 3.88. The molecule has 0 N–H and O–H groups in total. The lowest BCUT2D eigenvalue weighted by molar-refractivity contribution is 0.0815. The van der Waals surface area contributed by atoms with Gasteiger partial charge in [0.15, 0.2) is 0 Å². The second-order valence-electron chi connectivity index (χ2n) is 6.24. The van der Waals surface area contributed by atoms with Gasteiger partial charge in [-0.15, -0.1) is 0 Å². The second-order valence-corrected chi connectivity index (χ2v) is 6.24. The maximum atomic E-state index is 8.86. The molecule has 22 heavy (non-hydrogen) atoms. The molecule has 1 aliphatic carbocycles. The largest absolute Gasteiger partial charge is 0.381 e. The van der Waals surface area contributed by atoms with Gasteiger partial charge in [0.05, 0.1) is 11.6 Å². The van der Waals surface area contributed by atoms with E-state index in [1.54, 1.807) is 0 Å². The Hall–Kier alpha value is -1.59. The van der Waals surface area contributed by atoms with Crippen LogP contribution in [0.5, 0.6) is 0 Å². The maximum Gasteiger partial charge on any atom is 0.0991 e. The van der Waals surface area contributed by atoms with Crippen LogP contribution in [0.2, 0.25) is 0 Å². The number of nitrogens with zero attached hydrogens (tertiary/aromatic N) is 1. The van der Waals surface area contributed by atoms with Crippen molar-refractivity contribution in [1.29, 1.82) is 5.26 Å². The van der Waals surface area contributed by atoms with Gasteiger partial charge < -0.3 is 4.74 Å². The Bertz CT molecular complexity index is 489. The minimum Gasteiger partial charge on any atom is -0.381 e. The van der Waals surface area contributed by atoms with Crippen molar-refractivity contribution in [3.8, 4) is 6.07 Å². The number of hydrogen-bond acceptors (Lipinski definition) is 2. The molecule has 0 aromatic heterocycles. The van der Waals surface area contributed by atoms with Crippen molar-refractivity contribution < 1.29 is 4.74 Å². The van der Waals surface area contributed by atoms with Crippen LogP contribution in [0.3, 0.4) is 0 Å². The lowest BCUT2D eigenvalue weighted by Gasteiger charge is -2.28. The number of hydrogen-bond donors (Lipinski definition) is 0. The second kappa shape index (κ2) is 9.43. The van der Waals surface area contributed by atoms with Crippen LogP contribution in [0, 0.1) is 17.2 Å². The maximum absolute atomic E-state index is 8.86. The Morgan fingerprint density at radius 3 is 2.55 bits per heavy atom. The van der Waals surface area contributed by atoms with E-state index >= 15 is 0 Å². The zero-order valence-corrected chi connectivity index (χ0v) is 13.6. The average Bonchev–Trinajstić information content (AvgIpc) is 2.59. The molecule has 0 bridgehead atoms. The Kier molecular flexibility index (Phi) is 7.19. The summed E-state index contributed by atoms with van der Waals surface area (Å²) in [7, 11) is 0. The molecular formula is C20H27NO. The van der Waals surface area contributed by atoms with Crippen LogP contribution >= 0.6 is 0 Å². The fraction of sp³-hybridized carbons (Fsp3) is 0.550. The van der Waals surface area contributed by atoms with Crippen LogP contribution in [-0.4, -0.2) is 13.2 Å². The van der Waals surface area contributed by atoms with Crippen molar-refractivity contribution in [2.75, 3.05) is 13.2 Å². The van der Waals surface area contributed by atoms with Crippen molar-refractivity contribution in [2.24, 2.45) is 5.92 Å². The van der Waals surface area contributed by atoms with E-state index < -0.39 is 0 Å². The van der Waals surface area contributed by atoms with E-state index in [4.69, 9.17) is 10.00 Å². The van der Waals surface area contributed by atoms with Gasteiger partial charge in [0, 0.05) is 13.2 Å². The van der Waals surface area contributed by atoms with E-state index in [0.29, 0.717) is 5.92 Å². The normalized spacial score (nSPS) is 21.8. The summed E-state index contributed by atoms with van der Waals surface area (Å²) in [6.07, 6.45) is 11.6. The highest BCUT2D eigenvalue weighted by atomic mass is 16.5. The van der Waals surface area contributed by atoms with E-state index in [9.17, 15) is 0 Å². The van der Waals surface area contributed by atoms with Gasteiger partial charge in [-0.3, -0.25) is 0 Å². The first-order valence-electron chi connectivity index (χ1n) is 8.52. The van der Waals surface area contributed by atoms with Gasteiger partial charge in [0.2, 0.25) is 0 Å². The molecule has 0 amide bonds. The molecule has 0 spiro atoms. The number of allylic oxidation sites excluding steroid dienone is 2.